The van der Waals surface area contributed by atoms with Gasteiger partial charge >= 0.3 is 0 Å². The topological polar surface area (TPSA) is 44.9 Å². The van der Waals surface area contributed by atoms with Crippen LogP contribution in [0, 0.1) is 11.6 Å². The Hall–Kier alpha value is -1.75. The first-order chi connectivity index (χ1) is 8.15. The first-order valence-electron chi connectivity index (χ1n) is 5.28. The molecule has 3 nitrogen and oxygen atoms in total. The number of aromatic nitrogens is 1. The second kappa shape index (κ2) is 4.63. The van der Waals surface area contributed by atoms with Crippen molar-refractivity contribution in [3.05, 3.63) is 45.9 Å². The highest BCUT2D eigenvalue weighted by atomic mass is 19.2. The Bertz CT molecular complexity index is 607. The van der Waals surface area contributed by atoms with Gasteiger partial charge in [0.25, 0.3) is 5.56 Å². The van der Waals surface area contributed by atoms with E-state index in [-0.39, 0.29) is 5.39 Å². The Kier molecular flexibility index (Phi) is 3.19. The highest BCUT2D eigenvalue weighted by Gasteiger charge is 2.12. The Morgan fingerprint density at radius 2 is 2.12 bits per heavy atom. The molecule has 0 aliphatic carbocycles. The molecule has 0 atom stereocenters. The zero-order valence-corrected chi connectivity index (χ0v) is 9.31. The van der Waals surface area contributed by atoms with E-state index in [9.17, 15) is 13.6 Å². The Labute approximate surface area is 96.5 Å². The number of pyridine rings is 1. The van der Waals surface area contributed by atoms with Gasteiger partial charge in [0.05, 0.1) is 5.39 Å². The number of H-pyrrole nitrogens is 1. The van der Waals surface area contributed by atoms with Crippen LogP contribution in [0.2, 0.25) is 0 Å². The summed E-state index contributed by atoms with van der Waals surface area (Å²) in [5.74, 6) is -2.09. The van der Waals surface area contributed by atoms with Crippen molar-refractivity contribution in [1.82, 2.24) is 10.3 Å². The fourth-order valence-corrected chi connectivity index (χ4v) is 1.81. The lowest BCUT2D eigenvalue weighted by Crippen LogP contribution is -2.14. The second-order valence-corrected chi connectivity index (χ2v) is 3.78. The molecule has 2 rings (SSSR count). The zero-order chi connectivity index (χ0) is 12.4. The molecule has 1 aromatic heterocycles. The minimum absolute atomic E-state index is 0.210. The van der Waals surface area contributed by atoms with E-state index in [1.165, 1.54) is 6.07 Å². The number of halogens is 2. The van der Waals surface area contributed by atoms with Crippen LogP contribution in [0.15, 0.2) is 23.1 Å². The molecule has 0 fully saturated rings. The van der Waals surface area contributed by atoms with Crippen LogP contribution >= 0.6 is 0 Å². The minimum atomic E-state index is -1.09. The maximum atomic E-state index is 13.6. The number of likely N-dealkylation sites (N-methyl/N-ethyl adjacent to an activating group) is 1. The van der Waals surface area contributed by atoms with Crippen molar-refractivity contribution >= 4 is 10.8 Å². The molecule has 0 aliphatic rings. The summed E-state index contributed by atoms with van der Waals surface area (Å²) >= 11 is 0. The molecule has 2 aromatic rings. The Morgan fingerprint density at radius 1 is 1.35 bits per heavy atom. The molecule has 1 heterocycles. The van der Waals surface area contributed by atoms with Gasteiger partial charge in [-0.1, -0.05) is 6.07 Å². The SMILES string of the molecule is CNCCc1c[nH]c(=O)c2c(F)c(F)ccc12. The molecule has 0 aliphatic heterocycles. The van der Waals surface area contributed by atoms with Gasteiger partial charge in [-0.2, -0.15) is 0 Å². The van der Waals surface area contributed by atoms with E-state index in [1.807, 2.05) is 0 Å². The number of aromatic amines is 1. The summed E-state index contributed by atoms with van der Waals surface area (Å²) in [6, 6.07) is 2.48. The molecule has 0 saturated carbocycles. The summed E-state index contributed by atoms with van der Waals surface area (Å²) in [7, 11) is 1.80. The van der Waals surface area contributed by atoms with Crippen LogP contribution in [0.4, 0.5) is 8.78 Å². The number of hydrogen-bond donors (Lipinski definition) is 2. The maximum absolute atomic E-state index is 13.6. The van der Waals surface area contributed by atoms with Crippen molar-refractivity contribution in [2.45, 2.75) is 6.42 Å². The number of benzene rings is 1. The zero-order valence-electron chi connectivity index (χ0n) is 9.31. The van der Waals surface area contributed by atoms with Crippen LogP contribution in [0.25, 0.3) is 10.8 Å². The smallest absolute Gasteiger partial charge is 0.258 e. The molecule has 90 valence electrons. The van der Waals surface area contributed by atoms with Crippen LogP contribution in [0.5, 0.6) is 0 Å². The average Bonchev–Trinajstić information content (AvgIpc) is 2.32. The summed E-state index contributed by atoms with van der Waals surface area (Å²) in [6.07, 6.45) is 2.17. The fourth-order valence-electron chi connectivity index (χ4n) is 1.81. The molecule has 0 saturated heterocycles. The largest absolute Gasteiger partial charge is 0.328 e. The van der Waals surface area contributed by atoms with Crippen LogP contribution < -0.4 is 10.9 Å². The van der Waals surface area contributed by atoms with Crippen LogP contribution in [-0.2, 0) is 6.42 Å². The van der Waals surface area contributed by atoms with Gasteiger partial charge in [0.1, 0.15) is 0 Å². The monoisotopic (exact) mass is 238 g/mol. The lowest BCUT2D eigenvalue weighted by molar-refractivity contribution is 0.516. The summed E-state index contributed by atoms with van der Waals surface area (Å²) in [5.41, 5.74) is 0.179. The van der Waals surface area contributed by atoms with E-state index in [4.69, 9.17) is 0 Å². The summed E-state index contributed by atoms with van der Waals surface area (Å²) in [4.78, 5) is 13.9. The molecule has 0 radical (unpaired) electrons. The molecule has 0 bridgehead atoms. The van der Waals surface area contributed by atoms with E-state index < -0.39 is 17.2 Å². The van der Waals surface area contributed by atoms with E-state index in [0.717, 1.165) is 11.6 Å². The Morgan fingerprint density at radius 3 is 2.82 bits per heavy atom. The summed E-state index contributed by atoms with van der Waals surface area (Å²) in [5, 5.41) is 3.21. The van der Waals surface area contributed by atoms with E-state index in [1.54, 1.807) is 13.2 Å². The lowest BCUT2D eigenvalue weighted by atomic mass is 10.0. The van der Waals surface area contributed by atoms with Gasteiger partial charge in [0, 0.05) is 6.20 Å². The number of nitrogens with one attached hydrogen (secondary N) is 2. The van der Waals surface area contributed by atoms with Gasteiger partial charge in [-0.15, -0.1) is 0 Å². The molecule has 1 aromatic carbocycles. The van der Waals surface area contributed by atoms with Gasteiger partial charge in [0.15, 0.2) is 11.6 Å². The highest BCUT2D eigenvalue weighted by Crippen LogP contribution is 2.20. The van der Waals surface area contributed by atoms with Gasteiger partial charge in [-0.25, -0.2) is 8.78 Å². The minimum Gasteiger partial charge on any atom is -0.328 e. The van der Waals surface area contributed by atoms with Crippen LogP contribution in [0.1, 0.15) is 5.56 Å². The molecular weight excluding hydrogens is 226 g/mol. The molecule has 2 N–H and O–H groups in total. The molecule has 0 unspecified atom stereocenters. The lowest BCUT2D eigenvalue weighted by Gasteiger charge is -2.06. The van der Waals surface area contributed by atoms with Crippen molar-refractivity contribution in [2.24, 2.45) is 0 Å². The van der Waals surface area contributed by atoms with Crippen LogP contribution in [0.3, 0.4) is 0 Å². The third kappa shape index (κ3) is 2.06. The van der Waals surface area contributed by atoms with Gasteiger partial charge < -0.3 is 10.3 Å². The molecule has 5 heteroatoms. The molecule has 17 heavy (non-hydrogen) atoms. The number of hydrogen-bond acceptors (Lipinski definition) is 2. The van der Waals surface area contributed by atoms with E-state index in [0.29, 0.717) is 18.4 Å². The van der Waals surface area contributed by atoms with E-state index in [2.05, 4.69) is 10.3 Å². The van der Waals surface area contributed by atoms with Crippen molar-refractivity contribution < 1.29 is 8.78 Å². The quantitative estimate of drug-likeness (QED) is 0.852. The number of fused-ring (bicyclic) bond motifs is 1. The number of rotatable bonds is 3. The van der Waals surface area contributed by atoms with Gasteiger partial charge in [-0.05, 0) is 37.0 Å². The van der Waals surface area contributed by atoms with Crippen molar-refractivity contribution in [3.63, 3.8) is 0 Å². The summed E-state index contributed by atoms with van der Waals surface area (Å²) < 4.78 is 26.6. The molecule has 0 spiro atoms. The second-order valence-electron chi connectivity index (χ2n) is 3.78. The van der Waals surface area contributed by atoms with Crippen molar-refractivity contribution in [1.29, 1.82) is 0 Å². The van der Waals surface area contributed by atoms with E-state index >= 15 is 0 Å². The third-order valence-electron chi connectivity index (χ3n) is 2.69. The van der Waals surface area contributed by atoms with Crippen molar-refractivity contribution in [3.8, 4) is 0 Å². The standard InChI is InChI=1S/C12H12F2N2O/c1-15-5-4-7-6-16-12(17)10-8(7)2-3-9(13)11(10)14/h2-3,6,15H,4-5H2,1H3,(H,16,17). The van der Waals surface area contributed by atoms with Gasteiger partial charge in [0.2, 0.25) is 0 Å². The first kappa shape index (κ1) is 11.7. The van der Waals surface area contributed by atoms with Crippen molar-refractivity contribution in [2.75, 3.05) is 13.6 Å². The summed E-state index contributed by atoms with van der Waals surface area (Å²) in [6.45, 7) is 0.695. The highest BCUT2D eigenvalue weighted by molar-refractivity contribution is 5.85. The first-order valence-corrected chi connectivity index (χ1v) is 5.28. The maximum Gasteiger partial charge on any atom is 0.258 e. The predicted octanol–water partition coefficient (Wildman–Crippen LogP) is 1.57. The fraction of sp³-hybridized carbons (Fsp3) is 0.250. The third-order valence-corrected chi connectivity index (χ3v) is 2.69. The predicted molar refractivity (Wildman–Crippen MR) is 62.1 cm³/mol. The van der Waals surface area contributed by atoms with Gasteiger partial charge in [-0.3, -0.25) is 4.79 Å². The Balaban J connectivity index is 2.70. The molecular formula is C12H12F2N2O. The normalized spacial score (nSPS) is 11.0. The average molecular weight is 238 g/mol. The van der Waals surface area contributed by atoms with Crippen LogP contribution in [-0.4, -0.2) is 18.6 Å². The molecule has 0 amide bonds.